The summed E-state index contributed by atoms with van der Waals surface area (Å²) in [6, 6.07) is 3.09. The number of fused-ring (bicyclic) bond motifs is 1. The first kappa shape index (κ1) is 9.53. The van der Waals surface area contributed by atoms with Crippen LogP contribution >= 0.6 is 0 Å². The Kier molecular flexibility index (Phi) is 2.30. The highest BCUT2D eigenvalue weighted by molar-refractivity contribution is 5.93. The minimum atomic E-state index is -0.0778. The Bertz CT molecular complexity index is 460. The summed E-state index contributed by atoms with van der Waals surface area (Å²) in [6.45, 7) is 6.87. The third-order valence-corrected chi connectivity index (χ3v) is 2.44. The Hall–Kier alpha value is -2.02. The van der Waals surface area contributed by atoms with Crippen LogP contribution in [0.4, 0.5) is 11.4 Å². The van der Waals surface area contributed by atoms with E-state index in [-0.39, 0.29) is 17.3 Å². The maximum atomic E-state index is 11.3. The van der Waals surface area contributed by atoms with Crippen LogP contribution in [0.1, 0.15) is 18.4 Å². The Labute approximate surface area is 87.4 Å². The highest BCUT2D eigenvalue weighted by atomic mass is 16.3. The zero-order chi connectivity index (χ0) is 10.8. The predicted molar refractivity (Wildman–Crippen MR) is 55.9 cm³/mol. The normalized spacial score (nSPS) is 14.7. The fourth-order valence-electron chi connectivity index (χ4n) is 1.68. The van der Waals surface area contributed by atoms with Gasteiger partial charge in [-0.15, -0.1) is 0 Å². The minimum Gasteiger partial charge on any atom is -0.519 e. The molecular formula is C11H10N2O2. The van der Waals surface area contributed by atoms with Crippen molar-refractivity contribution >= 4 is 17.3 Å². The predicted octanol–water partition coefficient (Wildman–Crippen LogP) is 2.22. The van der Waals surface area contributed by atoms with E-state index in [4.69, 9.17) is 6.57 Å². The molecule has 0 atom stereocenters. The smallest absolute Gasteiger partial charge is 0.228 e. The molecule has 0 aromatic heterocycles. The molecule has 76 valence electrons. The van der Waals surface area contributed by atoms with E-state index < -0.39 is 0 Å². The average Bonchev–Trinajstić information content (AvgIpc) is 2.37. The van der Waals surface area contributed by atoms with Crippen LogP contribution in [0.5, 0.6) is 5.75 Å². The molecule has 2 N–H and O–H groups in total. The molecular weight excluding hydrogens is 192 g/mol. The quantitative estimate of drug-likeness (QED) is 0.634. The van der Waals surface area contributed by atoms with E-state index in [1.807, 2.05) is 0 Å². The Morgan fingerprint density at radius 1 is 1.40 bits per heavy atom. The Balaban J connectivity index is 2.50. The molecule has 0 fully saturated rings. The Morgan fingerprint density at radius 3 is 2.93 bits per heavy atom. The molecule has 0 saturated heterocycles. The number of aromatic hydroxyl groups is 1. The summed E-state index contributed by atoms with van der Waals surface area (Å²) in [5.74, 6) is -0.116. The highest BCUT2D eigenvalue weighted by Gasteiger charge is 2.15. The molecule has 0 unspecified atom stereocenters. The first-order valence-electron chi connectivity index (χ1n) is 4.74. The van der Waals surface area contributed by atoms with Gasteiger partial charge >= 0.3 is 0 Å². The van der Waals surface area contributed by atoms with Crippen LogP contribution in [0.15, 0.2) is 12.1 Å². The monoisotopic (exact) mass is 202 g/mol. The first-order chi connectivity index (χ1) is 7.20. The fourth-order valence-corrected chi connectivity index (χ4v) is 1.68. The molecule has 1 aromatic rings. The molecule has 4 nitrogen and oxygen atoms in total. The maximum absolute atomic E-state index is 11.3. The SMILES string of the molecule is [C-]#[N+]c1cc2c(cc1O)NC(=O)CCC2. The lowest BCUT2D eigenvalue weighted by Crippen LogP contribution is -2.08. The number of anilines is 1. The van der Waals surface area contributed by atoms with Gasteiger partial charge in [0.2, 0.25) is 11.6 Å². The third-order valence-electron chi connectivity index (χ3n) is 2.44. The number of aryl methyl sites for hydroxylation is 1. The van der Waals surface area contributed by atoms with Gasteiger partial charge in [-0.3, -0.25) is 4.79 Å². The van der Waals surface area contributed by atoms with Crippen LogP contribution in [-0.2, 0) is 11.2 Å². The molecule has 1 heterocycles. The second kappa shape index (κ2) is 3.62. The molecule has 4 heteroatoms. The van der Waals surface area contributed by atoms with Crippen LogP contribution in [-0.4, -0.2) is 11.0 Å². The van der Waals surface area contributed by atoms with Gasteiger partial charge in [0.05, 0.1) is 6.57 Å². The van der Waals surface area contributed by atoms with Crippen molar-refractivity contribution < 1.29 is 9.90 Å². The third kappa shape index (κ3) is 1.77. The maximum Gasteiger partial charge on any atom is 0.228 e. The summed E-state index contributed by atoms with van der Waals surface area (Å²) in [5.41, 5.74) is 1.79. The number of hydrogen-bond donors (Lipinski definition) is 2. The summed E-state index contributed by atoms with van der Waals surface area (Å²) < 4.78 is 0. The first-order valence-corrected chi connectivity index (χ1v) is 4.74. The molecule has 2 rings (SSSR count). The van der Waals surface area contributed by atoms with Gasteiger partial charge in [0.1, 0.15) is 5.75 Å². The number of carbonyl (C=O) groups is 1. The zero-order valence-corrected chi connectivity index (χ0v) is 8.08. The van der Waals surface area contributed by atoms with Crippen LogP contribution in [0.3, 0.4) is 0 Å². The van der Waals surface area contributed by atoms with Gasteiger partial charge in [-0.25, -0.2) is 4.85 Å². The molecule has 1 aromatic carbocycles. The standard InChI is InChI=1S/C11H10N2O2/c1-12-9-5-7-3-2-4-11(15)13-8(7)6-10(9)14/h5-6,14H,2-4H2,(H,13,15). The van der Waals surface area contributed by atoms with E-state index in [9.17, 15) is 9.90 Å². The summed E-state index contributed by atoms with van der Waals surface area (Å²) in [5, 5.41) is 12.2. The number of phenolic OH excluding ortho intramolecular Hbond substituents is 1. The van der Waals surface area contributed by atoms with Crippen molar-refractivity contribution in [2.24, 2.45) is 0 Å². The molecule has 0 radical (unpaired) electrons. The largest absolute Gasteiger partial charge is 0.519 e. The van der Waals surface area contributed by atoms with Crippen molar-refractivity contribution in [2.75, 3.05) is 5.32 Å². The van der Waals surface area contributed by atoms with E-state index in [2.05, 4.69) is 10.2 Å². The number of carbonyl (C=O) groups excluding carboxylic acids is 1. The number of benzene rings is 1. The number of nitrogens with zero attached hydrogens (tertiary/aromatic N) is 1. The summed E-state index contributed by atoms with van der Waals surface area (Å²) >= 11 is 0. The second-order valence-electron chi connectivity index (χ2n) is 3.51. The zero-order valence-electron chi connectivity index (χ0n) is 8.08. The average molecular weight is 202 g/mol. The molecule has 0 bridgehead atoms. The van der Waals surface area contributed by atoms with Crippen molar-refractivity contribution in [3.05, 3.63) is 29.1 Å². The van der Waals surface area contributed by atoms with Gasteiger partial charge in [-0.2, -0.15) is 0 Å². The van der Waals surface area contributed by atoms with Crippen LogP contribution in [0.2, 0.25) is 0 Å². The summed E-state index contributed by atoms with van der Waals surface area (Å²) in [4.78, 5) is 14.5. The molecule has 15 heavy (non-hydrogen) atoms. The van der Waals surface area contributed by atoms with E-state index >= 15 is 0 Å². The van der Waals surface area contributed by atoms with Crippen molar-refractivity contribution in [3.63, 3.8) is 0 Å². The number of nitrogens with one attached hydrogen (secondary N) is 1. The molecule has 1 aliphatic rings. The van der Waals surface area contributed by atoms with Crippen molar-refractivity contribution in [2.45, 2.75) is 19.3 Å². The molecule has 0 saturated carbocycles. The molecule has 0 spiro atoms. The van der Waals surface area contributed by atoms with Crippen molar-refractivity contribution in [3.8, 4) is 5.75 Å². The number of rotatable bonds is 0. The molecule has 1 amide bonds. The lowest BCUT2D eigenvalue weighted by atomic mass is 10.1. The number of amides is 1. The van der Waals surface area contributed by atoms with Gasteiger partial charge in [0.25, 0.3) is 0 Å². The van der Waals surface area contributed by atoms with Gasteiger partial charge in [0.15, 0.2) is 0 Å². The van der Waals surface area contributed by atoms with Crippen LogP contribution in [0, 0.1) is 6.57 Å². The van der Waals surface area contributed by atoms with E-state index in [1.54, 1.807) is 6.07 Å². The number of phenols is 1. The van der Waals surface area contributed by atoms with Crippen LogP contribution < -0.4 is 5.32 Å². The highest BCUT2D eigenvalue weighted by Crippen LogP contribution is 2.34. The van der Waals surface area contributed by atoms with E-state index in [0.29, 0.717) is 12.1 Å². The Morgan fingerprint density at radius 2 is 2.20 bits per heavy atom. The molecule has 0 aliphatic carbocycles. The van der Waals surface area contributed by atoms with Gasteiger partial charge < -0.3 is 10.4 Å². The summed E-state index contributed by atoms with van der Waals surface area (Å²) in [6.07, 6.45) is 2.03. The van der Waals surface area contributed by atoms with Gasteiger partial charge in [-0.05, 0) is 30.5 Å². The second-order valence-corrected chi connectivity index (χ2v) is 3.51. The lowest BCUT2D eigenvalue weighted by molar-refractivity contribution is -0.116. The van der Waals surface area contributed by atoms with Gasteiger partial charge in [0, 0.05) is 12.1 Å². The minimum absolute atomic E-state index is 0.0382. The number of hydrogen-bond acceptors (Lipinski definition) is 2. The summed E-state index contributed by atoms with van der Waals surface area (Å²) in [7, 11) is 0. The van der Waals surface area contributed by atoms with E-state index in [0.717, 1.165) is 18.4 Å². The van der Waals surface area contributed by atoms with Gasteiger partial charge in [-0.1, -0.05) is 0 Å². The lowest BCUT2D eigenvalue weighted by Gasteiger charge is -2.08. The molecule has 1 aliphatic heterocycles. The fraction of sp³-hybridized carbons (Fsp3) is 0.273. The topological polar surface area (TPSA) is 53.7 Å². The van der Waals surface area contributed by atoms with Crippen molar-refractivity contribution in [1.29, 1.82) is 0 Å². The van der Waals surface area contributed by atoms with E-state index in [1.165, 1.54) is 6.07 Å². The van der Waals surface area contributed by atoms with Crippen LogP contribution in [0.25, 0.3) is 4.85 Å². The van der Waals surface area contributed by atoms with Crippen molar-refractivity contribution in [1.82, 2.24) is 0 Å².